The fourth-order valence-electron chi connectivity index (χ4n) is 2.52. The lowest BCUT2D eigenvalue weighted by Gasteiger charge is -2.04. The number of carbonyl (C=O) groups is 1. The van der Waals surface area contributed by atoms with E-state index in [9.17, 15) is 4.79 Å². The second-order valence-electron chi connectivity index (χ2n) is 5.30. The summed E-state index contributed by atoms with van der Waals surface area (Å²) in [5, 5.41) is 1.99. The first-order chi connectivity index (χ1) is 11.1. The van der Waals surface area contributed by atoms with Gasteiger partial charge in [-0.05, 0) is 49.4 Å². The van der Waals surface area contributed by atoms with Gasteiger partial charge in [-0.1, -0.05) is 29.5 Å². The van der Waals surface area contributed by atoms with Crippen molar-refractivity contribution in [1.29, 1.82) is 0 Å². The predicted octanol–water partition coefficient (Wildman–Crippen LogP) is 4.54. The van der Waals surface area contributed by atoms with Crippen molar-refractivity contribution in [2.75, 3.05) is 0 Å². The van der Waals surface area contributed by atoms with Gasteiger partial charge in [0.25, 0.3) is 5.91 Å². The van der Waals surface area contributed by atoms with E-state index < -0.39 is 0 Å². The van der Waals surface area contributed by atoms with Gasteiger partial charge in [0, 0.05) is 17.5 Å². The maximum absolute atomic E-state index is 12.2. The topological polar surface area (TPSA) is 34.4 Å². The van der Waals surface area contributed by atoms with E-state index in [-0.39, 0.29) is 5.91 Å². The molecule has 0 aliphatic rings. The van der Waals surface area contributed by atoms with E-state index >= 15 is 0 Å². The summed E-state index contributed by atoms with van der Waals surface area (Å²) in [6, 6.07) is 8.19. The van der Waals surface area contributed by atoms with Crippen LogP contribution in [0.25, 0.3) is 16.3 Å². The van der Waals surface area contributed by atoms with Crippen molar-refractivity contribution in [2.24, 2.45) is 4.99 Å². The highest BCUT2D eigenvalue weighted by molar-refractivity contribution is 7.16. The molecule has 0 spiro atoms. The number of fused-ring (bicyclic) bond motifs is 1. The van der Waals surface area contributed by atoms with E-state index in [1.807, 2.05) is 23.6 Å². The Morgan fingerprint density at radius 1 is 1.26 bits per heavy atom. The standard InChI is InChI=1S/C18H18N2OS2/c1-4-20-16-12(2)7-8-13(3)17(16)23-18(20)19-15(21)10-9-14-6-5-11-22-14/h5-11H,4H2,1-3H3. The van der Waals surface area contributed by atoms with Crippen LogP contribution in [0.2, 0.25) is 0 Å². The Morgan fingerprint density at radius 3 is 2.74 bits per heavy atom. The third kappa shape index (κ3) is 3.21. The van der Waals surface area contributed by atoms with Gasteiger partial charge >= 0.3 is 0 Å². The highest BCUT2D eigenvalue weighted by atomic mass is 32.1. The van der Waals surface area contributed by atoms with Crippen LogP contribution in [0.5, 0.6) is 0 Å². The first-order valence-corrected chi connectivity index (χ1v) is 9.19. The SMILES string of the molecule is CCn1c(=NC(=O)C=Cc2cccs2)sc2c(C)ccc(C)c21. The summed E-state index contributed by atoms with van der Waals surface area (Å²) in [7, 11) is 0. The summed E-state index contributed by atoms with van der Waals surface area (Å²) >= 11 is 3.19. The van der Waals surface area contributed by atoms with E-state index in [1.54, 1.807) is 22.7 Å². The van der Waals surface area contributed by atoms with Gasteiger partial charge in [0.1, 0.15) is 0 Å². The largest absolute Gasteiger partial charge is 0.316 e. The molecule has 0 unspecified atom stereocenters. The van der Waals surface area contributed by atoms with Gasteiger partial charge in [0.2, 0.25) is 0 Å². The molecule has 0 aliphatic heterocycles. The maximum Gasteiger partial charge on any atom is 0.272 e. The minimum absolute atomic E-state index is 0.220. The Labute approximate surface area is 143 Å². The van der Waals surface area contributed by atoms with Crippen LogP contribution in [0.15, 0.2) is 40.7 Å². The van der Waals surface area contributed by atoms with Gasteiger partial charge < -0.3 is 4.57 Å². The Balaban J connectivity index is 2.07. The quantitative estimate of drug-likeness (QED) is 0.643. The average Bonchev–Trinajstić information content (AvgIpc) is 3.16. The van der Waals surface area contributed by atoms with Crippen LogP contribution in [0.3, 0.4) is 0 Å². The maximum atomic E-state index is 12.2. The zero-order valence-corrected chi connectivity index (χ0v) is 15.0. The van der Waals surface area contributed by atoms with E-state index in [4.69, 9.17) is 0 Å². The molecule has 23 heavy (non-hydrogen) atoms. The van der Waals surface area contributed by atoms with Crippen LogP contribution < -0.4 is 4.80 Å². The van der Waals surface area contributed by atoms with E-state index in [0.29, 0.717) is 0 Å². The summed E-state index contributed by atoms with van der Waals surface area (Å²) < 4.78 is 3.33. The molecule has 5 heteroatoms. The number of thiazole rings is 1. The minimum atomic E-state index is -0.220. The van der Waals surface area contributed by atoms with Crippen molar-refractivity contribution in [3.63, 3.8) is 0 Å². The van der Waals surface area contributed by atoms with Gasteiger partial charge in [0.15, 0.2) is 4.80 Å². The number of amides is 1. The van der Waals surface area contributed by atoms with Crippen molar-refractivity contribution < 1.29 is 4.79 Å². The van der Waals surface area contributed by atoms with Gasteiger partial charge in [-0.3, -0.25) is 4.79 Å². The lowest BCUT2D eigenvalue weighted by Crippen LogP contribution is -2.15. The second kappa shape index (κ2) is 6.64. The van der Waals surface area contributed by atoms with Crippen LogP contribution in [0.1, 0.15) is 22.9 Å². The molecule has 2 aromatic heterocycles. The smallest absolute Gasteiger partial charge is 0.272 e. The zero-order valence-electron chi connectivity index (χ0n) is 13.4. The molecular formula is C18H18N2OS2. The first kappa shape index (κ1) is 15.9. The van der Waals surface area contributed by atoms with E-state index in [0.717, 1.165) is 16.2 Å². The number of thiophene rings is 1. The summed E-state index contributed by atoms with van der Waals surface area (Å²) in [5.41, 5.74) is 3.62. The number of nitrogens with zero attached hydrogens (tertiary/aromatic N) is 2. The summed E-state index contributed by atoms with van der Waals surface area (Å²) in [6.07, 6.45) is 3.35. The number of aromatic nitrogens is 1. The molecule has 3 rings (SSSR count). The van der Waals surface area contributed by atoms with Crippen LogP contribution in [0.4, 0.5) is 0 Å². The second-order valence-corrected chi connectivity index (χ2v) is 7.26. The molecular weight excluding hydrogens is 324 g/mol. The fraction of sp³-hybridized carbons (Fsp3) is 0.222. The molecule has 0 radical (unpaired) electrons. The third-order valence-corrected chi connectivity index (χ3v) is 5.73. The molecule has 1 aromatic carbocycles. The number of benzene rings is 1. The number of rotatable bonds is 3. The Morgan fingerprint density at radius 2 is 2.04 bits per heavy atom. The first-order valence-electron chi connectivity index (χ1n) is 7.50. The Kier molecular flexibility index (Phi) is 4.59. The number of aryl methyl sites for hydroxylation is 3. The lowest BCUT2D eigenvalue weighted by atomic mass is 10.1. The normalized spacial score (nSPS) is 12.6. The molecule has 3 nitrogen and oxygen atoms in total. The lowest BCUT2D eigenvalue weighted by molar-refractivity contribution is -0.113. The van der Waals surface area contributed by atoms with Crippen molar-refractivity contribution in [3.8, 4) is 0 Å². The van der Waals surface area contributed by atoms with Crippen LogP contribution in [-0.2, 0) is 11.3 Å². The van der Waals surface area contributed by atoms with Gasteiger partial charge in [-0.2, -0.15) is 4.99 Å². The van der Waals surface area contributed by atoms with Gasteiger partial charge in [0.05, 0.1) is 10.2 Å². The molecule has 0 N–H and O–H groups in total. The highest BCUT2D eigenvalue weighted by Gasteiger charge is 2.10. The molecule has 1 amide bonds. The number of hydrogen-bond donors (Lipinski definition) is 0. The van der Waals surface area contributed by atoms with Crippen molar-refractivity contribution >= 4 is 44.9 Å². The molecule has 0 bridgehead atoms. The van der Waals surface area contributed by atoms with E-state index in [2.05, 4.69) is 42.5 Å². The summed E-state index contributed by atoms with van der Waals surface area (Å²) in [5.74, 6) is -0.220. The molecule has 0 fully saturated rings. The summed E-state index contributed by atoms with van der Waals surface area (Å²) in [6.45, 7) is 7.08. The highest BCUT2D eigenvalue weighted by Crippen LogP contribution is 2.24. The molecule has 0 aliphatic carbocycles. The average molecular weight is 342 g/mol. The minimum Gasteiger partial charge on any atom is -0.316 e. The van der Waals surface area contributed by atoms with E-state index in [1.165, 1.54) is 27.4 Å². The van der Waals surface area contributed by atoms with Crippen LogP contribution in [0, 0.1) is 13.8 Å². The van der Waals surface area contributed by atoms with Crippen molar-refractivity contribution in [3.05, 3.63) is 56.5 Å². The Hall–Kier alpha value is -1.98. The van der Waals surface area contributed by atoms with Gasteiger partial charge in [-0.25, -0.2) is 0 Å². The molecule has 0 saturated heterocycles. The molecule has 3 aromatic rings. The zero-order chi connectivity index (χ0) is 16.4. The fourth-order valence-corrected chi connectivity index (χ4v) is 4.39. The predicted molar refractivity (Wildman–Crippen MR) is 98.9 cm³/mol. The van der Waals surface area contributed by atoms with Crippen LogP contribution >= 0.6 is 22.7 Å². The molecule has 2 heterocycles. The van der Waals surface area contributed by atoms with Crippen molar-refractivity contribution in [2.45, 2.75) is 27.3 Å². The molecule has 0 atom stereocenters. The molecule has 118 valence electrons. The molecule has 0 saturated carbocycles. The monoisotopic (exact) mass is 342 g/mol. The van der Waals surface area contributed by atoms with Crippen LogP contribution in [-0.4, -0.2) is 10.5 Å². The number of carbonyl (C=O) groups excluding carboxylic acids is 1. The summed E-state index contributed by atoms with van der Waals surface area (Å²) in [4.78, 5) is 18.3. The number of hydrogen-bond acceptors (Lipinski definition) is 3. The third-order valence-electron chi connectivity index (χ3n) is 3.68. The van der Waals surface area contributed by atoms with Crippen molar-refractivity contribution in [1.82, 2.24) is 4.57 Å². The Bertz CT molecular complexity index is 943. The van der Waals surface area contributed by atoms with Gasteiger partial charge in [-0.15, -0.1) is 11.3 Å².